The number of guanidine groups is 1. The maximum absolute atomic E-state index is 12.4. The number of ether oxygens (including phenoxy) is 1. The molecule has 0 bridgehead atoms. The molecule has 3 aromatic rings. The zero-order chi connectivity index (χ0) is 18.6. The van der Waals surface area contributed by atoms with Gasteiger partial charge in [-0.1, -0.05) is 18.2 Å². The third-order valence-corrected chi connectivity index (χ3v) is 3.44. The highest BCUT2D eigenvalue weighted by Crippen LogP contribution is 2.29. The van der Waals surface area contributed by atoms with Crippen LogP contribution in [0.5, 0.6) is 5.75 Å². The van der Waals surface area contributed by atoms with Gasteiger partial charge in [-0.15, -0.1) is 13.2 Å². The highest BCUT2D eigenvalue weighted by Gasteiger charge is 2.32. The summed E-state index contributed by atoms with van der Waals surface area (Å²) in [4.78, 5) is 8.56. The Morgan fingerprint density at radius 3 is 2.73 bits per heavy atom. The molecule has 2 heterocycles. The van der Waals surface area contributed by atoms with Gasteiger partial charge in [0.1, 0.15) is 5.65 Å². The third-order valence-electron chi connectivity index (χ3n) is 3.44. The first-order valence-electron chi connectivity index (χ1n) is 7.75. The largest absolute Gasteiger partial charge is 0.573 e. The van der Waals surface area contributed by atoms with Gasteiger partial charge in [0.25, 0.3) is 0 Å². The first kappa shape index (κ1) is 17.6. The SMILES string of the molecule is NC(=NCCc1cn2ccccc2n1)Nc1ccccc1OC(F)(F)F. The lowest BCUT2D eigenvalue weighted by atomic mass is 10.3. The van der Waals surface area contributed by atoms with E-state index in [1.165, 1.54) is 18.2 Å². The van der Waals surface area contributed by atoms with Crippen molar-refractivity contribution < 1.29 is 17.9 Å². The fourth-order valence-corrected chi connectivity index (χ4v) is 2.36. The molecule has 26 heavy (non-hydrogen) atoms. The third kappa shape index (κ3) is 4.65. The Balaban J connectivity index is 1.62. The molecule has 0 aliphatic carbocycles. The van der Waals surface area contributed by atoms with Crippen molar-refractivity contribution >= 4 is 17.3 Å². The number of nitrogens with two attached hydrogens (primary N) is 1. The van der Waals surface area contributed by atoms with Gasteiger partial charge in [0, 0.05) is 25.4 Å². The predicted octanol–water partition coefficient (Wildman–Crippen LogP) is 3.20. The summed E-state index contributed by atoms with van der Waals surface area (Å²) in [5, 5.41) is 2.62. The number of hydrogen-bond acceptors (Lipinski definition) is 3. The standard InChI is InChI=1S/C17H16F3N5O/c18-17(19,20)26-14-6-2-1-5-13(14)24-16(21)22-9-8-12-11-25-10-4-3-7-15(25)23-12/h1-7,10-11H,8-9H2,(H3,21,22,24). The topological polar surface area (TPSA) is 76.9 Å². The molecule has 0 aliphatic heterocycles. The number of benzene rings is 1. The van der Waals surface area contributed by atoms with Gasteiger partial charge in [-0.05, 0) is 24.3 Å². The van der Waals surface area contributed by atoms with E-state index >= 15 is 0 Å². The van der Waals surface area contributed by atoms with Crippen molar-refractivity contribution in [3.8, 4) is 5.75 Å². The molecule has 2 aromatic heterocycles. The van der Waals surface area contributed by atoms with Crippen LogP contribution in [0.2, 0.25) is 0 Å². The normalized spacial score (nSPS) is 12.3. The van der Waals surface area contributed by atoms with Crippen LogP contribution >= 0.6 is 0 Å². The van der Waals surface area contributed by atoms with Gasteiger partial charge in [-0.3, -0.25) is 4.99 Å². The van der Waals surface area contributed by atoms with Gasteiger partial charge in [0.15, 0.2) is 11.7 Å². The highest BCUT2D eigenvalue weighted by atomic mass is 19.4. The van der Waals surface area contributed by atoms with Crippen LogP contribution in [-0.4, -0.2) is 28.3 Å². The molecule has 0 radical (unpaired) electrons. The summed E-state index contributed by atoms with van der Waals surface area (Å²) in [6.07, 6.45) is -0.457. The minimum Gasteiger partial charge on any atom is -0.404 e. The summed E-state index contributed by atoms with van der Waals surface area (Å²) in [5.74, 6) is -0.384. The maximum Gasteiger partial charge on any atom is 0.573 e. The van der Waals surface area contributed by atoms with Crippen LogP contribution in [0.3, 0.4) is 0 Å². The van der Waals surface area contributed by atoms with E-state index in [4.69, 9.17) is 5.73 Å². The number of alkyl halides is 3. The van der Waals surface area contributed by atoms with Crippen LogP contribution in [0.1, 0.15) is 5.69 Å². The number of rotatable bonds is 5. The van der Waals surface area contributed by atoms with Gasteiger partial charge in [-0.2, -0.15) is 0 Å². The second-order valence-corrected chi connectivity index (χ2v) is 5.38. The smallest absolute Gasteiger partial charge is 0.404 e. The number of imidazole rings is 1. The van der Waals surface area contributed by atoms with Gasteiger partial charge in [0.2, 0.25) is 0 Å². The molecule has 0 fully saturated rings. The lowest BCUT2D eigenvalue weighted by molar-refractivity contribution is -0.274. The van der Waals surface area contributed by atoms with Gasteiger partial charge in [0.05, 0.1) is 11.4 Å². The molecular formula is C17H16F3N5O. The van der Waals surface area contributed by atoms with E-state index in [0.717, 1.165) is 11.3 Å². The molecule has 0 aliphatic rings. The number of nitrogens with zero attached hydrogens (tertiary/aromatic N) is 3. The molecule has 0 saturated heterocycles. The number of nitrogens with one attached hydrogen (secondary N) is 1. The molecule has 3 rings (SSSR count). The summed E-state index contributed by atoms with van der Waals surface area (Å²) < 4.78 is 43.1. The number of para-hydroxylation sites is 2. The summed E-state index contributed by atoms with van der Waals surface area (Å²) in [6.45, 7) is 0.338. The monoisotopic (exact) mass is 363 g/mol. The lowest BCUT2D eigenvalue weighted by Crippen LogP contribution is -2.24. The average Bonchev–Trinajstić information content (AvgIpc) is 2.98. The number of pyridine rings is 1. The Bertz CT molecular complexity index is 887. The molecule has 9 heteroatoms. The number of aliphatic imine (C=N–C) groups is 1. The summed E-state index contributed by atoms with van der Waals surface area (Å²) in [6, 6.07) is 11.3. The first-order valence-corrected chi connectivity index (χ1v) is 7.75. The molecule has 0 saturated carbocycles. The van der Waals surface area contributed by atoms with Crippen molar-refractivity contribution in [1.82, 2.24) is 9.38 Å². The summed E-state index contributed by atoms with van der Waals surface area (Å²) in [7, 11) is 0. The van der Waals surface area contributed by atoms with Gasteiger partial charge >= 0.3 is 6.36 Å². The molecule has 6 nitrogen and oxygen atoms in total. The highest BCUT2D eigenvalue weighted by molar-refractivity contribution is 5.93. The number of fused-ring (bicyclic) bond motifs is 1. The van der Waals surface area contributed by atoms with E-state index in [2.05, 4.69) is 20.0 Å². The molecule has 0 amide bonds. The van der Waals surface area contributed by atoms with Crippen LogP contribution in [0.15, 0.2) is 59.9 Å². The number of halogens is 3. The molecule has 1 aromatic carbocycles. The molecule has 0 unspecified atom stereocenters. The van der Waals surface area contributed by atoms with Gasteiger partial charge < -0.3 is 20.2 Å². The number of hydrogen-bond donors (Lipinski definition) is 2. The fraction of sp³-hybridized carbons (Fsp3) is 0.176. The predicted molar refractivity (Wildman–Crippen MR) is 92.1 cm³/mol. The van der Waals surface area contributed by atoms with E-state index in [-0.39, 0.29) is 17.4 Å². The second-order valence-electron chi connectivity index (χ2n) is 5.38. The number of anilines is 1. The van der Waals surface area contributed by atoms with E-state index in [9.17, 15) is 13.2 Å². The summed E-state index contributed by atoms with van der Waals surface area (Å²) in [5.41, 5.74) is 7.51. The Morgan fingerprint density at radius 2 is 1.96 bits per heavy atom. The van der Waals surface area contributed by atoms with Crippen molar-refractivity contribution in [3.05, 3.63) is 60.6 Å². The Kier molecular flexibility index (Phi) is 4.97. The second kappa shape index (κ2) is 7.34. The Morgan fingerprint density at radius 1 is 1.19 bits per heavy atom. The van der Waals surface area contributed by atoms with Crippen molar-refractivity contribution in [2.24, 2.45) is 10.7 Å². The van der Waals surface area contributed by atoms with Gasteiger partial charge in [-0.25, -0.2) is 4.98 Å². The molecule has 136 valence electrons. The van der Waals surface area contributed by atoms with E-state index in [0.29, 0.717) is 13.0 Å². The zero-order valence-corrected chi connectivity index (χ0v) is 13.6. The van der Waals surface area contributed by atoms with E-state index in [1.54, 1.807) is 6.07 Å². The minimum atomic E-state index is -4.78. The van der Waals surface area contributed by atoms with Crippen molar-refractivity contribution in [2.45, 2.75) is 12.8 Å². The molecule has 3 N–H and O–H groups in total. The van der Waals surface area contributed by atoms with E-state index in [1.807, 2.05) is 35.0 Å². The van der Waals surface area contributed by atoms with Crippen LogP contribution in [0.25, 0.3) is 5.65 Å². The van der Waals surface area contributed by atoms with E-state index < -0.39 is 6.36 Å². The van der Waals surface area contributed by atoms with Crippen LogP contribution in [0, 0.1) is 0 Å². The van der Waals surface area contributed by atoms with Crippen molar-refractivity contribution in [2.75, 3.05) is 11.9 Å². The maximum atomic E-state index is 12.4. The van der Waals surface area contributed by atoms with Crippen LogP contribution in [0.4, 0.5) is 18.9 Å². The fourth-order valence-electron chi connectivity index (χ4n) is 2.36. The minimum absolute atomic E-state index is 0.00742. The Labute approximate surface area is 147 Å². The first-order chi connectivity index (χ1) is 12.4. The van der Waals surface area contributed by atoms with Crippen LogP contribution in [-0.2, 0) is 6.42 Å². The molecule has 0 atom stereocenters. The molecule has 0 spiro atoms. The average molecular weight is 363 g/mol. The van der Waals surface area contributed by atoms with Crippen molar-refractivity contribution in [3.63, 3.8) is 0 Å². The lowest BCUT2D eigenvalue weighted by Gasteiger charge is -2.14. The zero-order valence-electron chi connectivity index (χ0n) is 13.6. The molecular weight excluding hydrogens is 347 g/mol. The summed E-state index contributed by atoms with van der Waals surface area (Å²) >= 11 is 0. The van der Waals surface area contributed by atoms with Crippen molar-refractivity contribution in [1.29, 1.82) is 0 Å². The Hall–Kier alpha value is -3.23. The number of aromatic nitrogens is 2. The van der Waals surface area contributed by atoms with Crippen LogP contribution < -0.4 is 15.8 Å². The quantitative estimate of drug-likeness (QED) is 0.539.